The standard InChI is InChI=1S/C16H14N2O5/c1-8-2-4-9(5-3-8)13(19)17-11-14(20)18-12-10(6-22-15(11)18)7-23-16(12)21/h2-5,11,15H,6-7H2,1H3,(H,17,19)/t11-,15-/m1/s1. The van der Waals surface area contributed by atoms with E-state index in [1.54, 1.807) is 12.1 Å². The number of nitrogens with zero attached hydrogens (tertiary/aromatic N) is 1. The highest BCUT2D eigenvalue weighted by Crippen LogP contribution is 2.35. The van der Waals surface area contributed by atoms with Crippen LogP contribution in [-0.4, -0.2) is 48.2 Å². The molecule has 7 nitrogen and oxygen atoms in total. The fraction of sp³-hybridized carbons (Fsp3) is 0.312. The van der Waals surface area contributed by atoms with E-state index >= 15 is 0 Å². The molecule has 1 saturated heterocycles. The van der Waals surface area contributed by atoms with Crippen LogP contribution >= 0.6 is 0 Å². The molecule has 0 saturated carbocycles. The molecule has 2 amide bonds. The number of amides is 2. The topological polar surface area (TPSA) is 84.9 Å². The summed E-state index contributed by atoms with van der Waals surface area (Å²) < 4.78 is 10.5. The number of aryl methyl sites for hydroxylation is 1. The van der Waals surface area contributed by atoms with E-state index < -0.39 is 18.2 Å². The number of hydrogen-bond acceptors (Lipinski definition) is 5. The van der Waals surface area contributed by atoms with Crippen LogP contribution in [0.4, 0.5) is 0 Å². The van der Waals surface area contributed by atoms with Crippen LogP contribution in [0.2, 0.25) is 0 Å². The molecule has 0 radical (unpaired) electrons. The molecular formula is C16H14N2O5. The third-order valence-corrected chi connectivity index (χ3v) is 4.22. The number of carbonyl (C=O) groups is 3. The van der Waals surface area contributed by atoms with Gasteiger partial charge in [-0.15, -0.1) is 0 Å². The summed E-state index contributed by atoms with van der Waals surface area (Å²) in [6.07, 6.45) is -0.652. The van der Waals surface area contributed by atoms with E-state index in [1.807, 2.05) is 19.1 Å². The van der Waals surface area contributed by atoms with Crippen LogP contribution < -0.4 is 5.32 Å². The molecule has 0 aliphatic carbocycles. The Morgan fingerprint density at radius 1 is 1.22 bits per heavy atom. The first-order valence-electron chi connectivity index (χ1n) is 7.27. The van der Waals surface area contributed by atoms with Gasteiger partial charge in [-0.05, 0) is 19.1 Å². The van der Waals surface area contributed by atoms with E-state index in [0.29, 0.717) is 11.1 Å². The lowest BCUT2D eigenvalue weighted by atomic mass is 9.99. The minimum atomic E-state index is -0.786. The Hall–Kier alpha value is -2.67. The molecule has 3 aliphatic rings. The Labute approximate surface area is 131 Å². The largest absolute Gasteiger partial charge is 0.456 e. The van der Waals surface area contributed by atoms with Crippen LogP contribution in [0.1, 0.15) is 15.9 Å². The van der Waals surface area contributed by atoms with Crippen molar-refractivity contribution in [3.05, 3.63) is 46.7 Å². The SMILES string of the molecule is Cc1ccc(C(=O)N[C@@H]2C(=O)N3C4=C(COC4=O)CO[C@H]23)cc1. The molecule has 23 heavy (non-hydrogen) atoms. The Morgan fingerprint density at radius 3 is 2.70 bits per heavy atom. The number of β-lactam (4-membered cyclic amide) rings is 1. The van der Waals surface area contributed by atoms with E-state index in [2.05, 4.69) is 5.32 Å². The number of hydrogen-bond donors (Lipinski definition) is 1. The van der Waals surface area contributed by atoms with Crippen molar-refractivity contribution in [3.63, 3.8) is 0 Å². The van der Waals surface area contributed by atoms with Gasteiger partial charge in [0.15, 0.2) is 12.3 Å². The van der Waals surface area contributed by atoms with Gasteiger partial charge in [0.1, 0.15) is 12.3 Å². The quantitative estimate of drug-likeness (QED) is 0.618. The van der Waals surface area contributed by atoms with Crippen LogP contribution in [-0.2, 0) is 19.1 Å². The average molecular weight is 314 g/mol. The van der Waals surface area contributed by atoms with Gasteiger partial charge in [0.25, 0.3) is 11.8 Å². The number of nitrogens with one attached hydrogen (secondary N) is 1. The van der Waals surface area contributed by atoms with Gasteiger partial charge in [0, 0.05) is 11.1 Å². The van der Waals surface area contributed by atoms with E-state index in [0.717, 1.165) is 5.56 Å². The molecule has 3 heterocycles. The van der Waals surface area contributed by atoms with E-state index in [1.165, 1.54) is 4.90 Å². The maximum atomic E-state index is 12.3. The van der Waals surface area contributed by atoms with Gasteiger partial charge >= 0.3 is 5.97 Å². The highest BCUT2D eigenvalue weighted by molar-refractivity contribution is 6.04. The van der Waals surface area contributed by atoms with E-state index in [-0.39, 0.29) is 30.7 Å². The van der Waals surface area contributed by atoms with Gasteiger partial charge in [-0.3, -0.25) is 14.5 Å². The van der Waals surface area contributed by atoms with Gasteiger partial charge in [-0.2, -0.15) is 0 Å². The molecule has 1 fully saturated rings. The summed E-state index contributed by atoms with van der Waals surface area (Å²) in [5, 5.41) is 2.67. The molecule has 7 heteroatoms. The number of esters is 1. The second-order valence-electron chi connectivity index (χ2n) is 5.76. The lowest BCUT2D eigenvalue weighted by Crippen LogP contribution is -2.72. The zero-order valence-corrected chi connectivity index (χ0v) is 12.4. The fourth-order valence-corrected chi connectivity index (χ4v) is 2.93. The molecule has 4 rings (SSSR count). The maximum Gasteiger partial charge on any atom is 0.355 e. The predicted octanol–water partition coefficient (Wildman–Crippen LogP) is 0.103. The van der Waals surface area contributed by atoms with Gasteiger partial charge in [-0.25, -0.2) is 4.79 Å². The lowest BCUT2D eigenvalue weighted by Gasteiger charge is -2.48. The van der Waals surface area contributed by atoms with Gasteiger partial charge in [-0.1, -0.05) is 17.7 Å². The molecule has 0 bridgehead atoms. The predicted molar refractivity (Wildman–Crippen MR) is 77.0 cm³/mol. The van der Waals surface area contributed by atoms with Crippen LogP contribution in [0.5, 0.6) is 0 Å². The number of carbonyl (C=O) groups excluding carboxylic acids is 3. The third kappa shape index (κ3) is 2.04. The second-order valence-corrected chi connectivity index (χ2v) is 5.76. The van der Waals surface area contributed by atoms with Gasteiger partial charge in [0.05, 0.1) is 6.61 Å². The number of benzene rings is 1. The maximum absolute atomic E-state index is 12.3. The van der Waals surface area contributed by atoms with Crippen molar-refractivity contribution in [2.24, 2.45) is 0 Å². The van der Waals surface area contributed by atoms with Crippen molar-refractivity contribution >= 4 is 17.8 Å². The first-order chi connectivity index (χ1) is 11.1. The summed E-state index contributed by atoms with van der Waals surface area (Å²) >= 11 is 0. The van der Waals surface area contributed by atoms with Crippen molar-refractivity contribution in [2.75, 3.05) is 13.2 Å². The number of cyclic esters (lactones) is 1. The van der Waals surface area contributed by atoms with Gasteiger partial charge in [0.2, 0.25) is 0 Å². The number of fused-ring (bicyclic) bond motifs is 2. The summed E-state index contributed by atoms with van der Waals surface area (Å²) in [5.74, 6) is -1.22. The fourth-order valence-electron chi connectivity index (χ4n) is 2.93. The Balaban J connectivity index is 1.50. The monoisotopic (exact) mass is 314 g/mol. The molecule has 0 spiro atoms. The first-order valence-corrected chi connectivity index (χ1v) is 7.27. The first kappa shape index (κ1) is 14.0. The van der Waals surface area contributed by atoms with Gasteiger partial charge < -0.3 is 14.8 Å². The van der Waals surface area contributed by atoms with Crippen molar-refractivity contribution < 1.29 is 23.9 Å². The molecule has 1 aromatic carbocycles. The molecular weight excluding hydrogens is 300 g/mol. The summed E-state index contributed by atoms with van der Waals surface area (Å²) in [5.41, 5.74) is 2.45. The molecule has 0 unspecified atom stereocenters. The van der Waals surface area contributed by atoms with Crippen LogP contribution in [0.3, 0.4) is 0 Å². The zero-order valence-electron chi connectivity index (χ0n) is 12.4. The van der Waals surface area contributed by atoms with Crippen molar-refractivity contribution in [1.29, 1.82) is 0 Å². The number of ether oxygens (including phenoxy) is 2. The van der Waals surface area contributed by atoms with Crippen LogP contribution in [0.25, 0.3) is 0 Å². The normalized spacial score (nSPS) is 25.5. The van der Waals surface area contributed by atoms with Crippen LogP contribution in [0.15, 0.2) is 35.5 Å². The highest BCUT2D eigenvalue weighted by atomic mass is 16.6. The Morgan fingerprint density at radius 2 is 1.96 bits per heavy atom. The summed E-state index contributed by atoms with van der Waals surface area (Å²) in [6.45, 7) is 2.31. The Bertz CT molecular complexity index is 752. The van der Waals surface area contributed by atoms with Crippen LogP contribution in [0, 0.1) is 6.92 Å². The summed E-state index contributed by atoms with van der Waals surface area (Å²) in [7, 11) is 0. The third-order valence-electron chi connectivity index (χ3n) is 4.22. The molecule has 1 aromatic rings. The zero-order chi connectivity index (χ0) is 16.1. The molecule has 1 N–H and O–H groups in total. The molecule has 0 aromatic heterocycles. The Kier molecular flexibility index (Phi) is 2.99. The molecule has 2 atom stereocenters. The van der Waals surface area contributed by atoms with Crippen molar-refractivity contribution in [1.82, 2.24) is 10.2 Å². The average Bonchev–Trinajstić information content (AvgIpc) is 2.92. The minimum Gasteiger partial charge on any atom is -0.456 e. The summed E-state index contributed by atoms with van der Waals surface area (Å²) in [6, 6.07) is 6.26. The second kappa shape index (κ2) is 4.92. The van der Waals surface area contributed by atoms with E-state index in [4.69, 9.17) is 9.47 Å². The van der Waals surface area contributed by atoms with Crippen molar-refractivity contribution in [3.8, 4) is 0 Å². The molecule has 3 aliphatic heterocycles. The minimum absolute atomic E-state index is 0.158. The van der Waals surface area contributed by atoms with E-state index in [9.17, 15) is 14.4 Å². The smallest absolute Gasteiger partial charge is 0.355 e. The summed E-state index contributed by atoms with van der Waals surface area (Å²) in [4.78, 5) is 37.5. The molecule has 118 valence electrons. The highest BCUT2D eigenvalue weighted by Gasteiger charge is 2.56. The lowest BCUT2D eigenvalue weighted by molar-refractivity contribution is -0.180. The van der Waals surface area contributed by atoms with Crippen molar-refractivity contribution in [2.45, 2.75) is 19.2 Å². The number of rotatable bonds is 2.